The van der Waals surface area contributed by atoms with Gasteiger partial charge in [0.2, 0.25) is 5.91 Å². The summed E-state index contributed by atoms with van der Waals surface area (Å²) in [6.45, 7) is 0.332. The first-order valence-corrected chi connectivity index (χ1v) is 8.10. The number of amides is 1. The molecule has 2 aliphatic rings. The third kappa shape index (κ3) is 3.59. The lowest BCUT2D eigenvalue weighted by atomic mass is 9.98. The Hall–Kier alpha value is -1.17. The minimum Gasteiger partial charge on any atom is -0.325 e. The van der Waals surface area contributed by atoms with E-state index >= 15 is 0 Å². The number of nitrogens with zero attached hydrogens (tertiary/aromatic N) is 1. The van der Waals surface area contributed by atoms with Crippen LogP contribution in [0.25, 0.3) is 0 Å². The van der Waals surface area contributed by atoms with Gasteiger partial charge in [0.15, 0.2) is 0 Å². The first kappa shape index (κ1) is 15.7. The molecule has 120 valence electrons. The number of hydrogen-bond donors (Lipinski definition) is 2. The number of halogens is 2. The van der Waals surface area contributed by atoms with Gasteiger partial charge in [-0.3, -0.25) is 9.69 Å². The van der Waals surface area contributed by atoms with Crippen molar-refractivity contribution in [2.45, 2.75) is 43.8 Å². The zero-order chi connectivity index (χ0) is 15.7. The molecule has 0 aliphatic carbocycles. The summed E-state index contributed by atoms with van der Waals surface area (Å²) >= 11 is 5.72. The number of rotatable bonds is 4. The summed E-state index contributed by atoms with van der Waals surface area (Å²) in [6, 6.07) is 5.85. The van der Waals surface area contributed by atoms with Gasteiger partial charge in [0.05, 0.1) is 11.6 Å². The molecule has 2 atom stereocenters. The molecule has 0 spiro atoms. The minimum absolute atomic E-state index is 0.0149. The lowest BCUT2D eigenvalue weighted by Gasteiger charge is -2.35. The number of nitrogens with one attached hydrogen (secondary N) is 2. The van der Waals surface area contributed by atoms with Gasteiger partial charge in [0.1, 0.15) is 5.82 Å². The molecule has 1 aromatic rings. The average Bonchev–Trinajstić information content (AvgIpc) is 2.81. The molecule has 0 radical (unpaired) electrons. The van der Waals surface area contributed by atoms with E-state index in [1.165, 1.54) is 31.0 Å². The number of benzene rings is 1. The average molecular weight is 326 g/mol. The number of likely N-dealkylation sites (N-methyl/N-ethyl adjacent to an activating group) is 1. The van der Waals surface area contributed by atoms with Crippen molar-refractivity contribution in [1.29, 1.82) is 0 Å². The van der Waals surface area contributed by atoms with E-state index in [9.17, 15) is 9.18 Å². The van der Waals surface area contributed by atoms with Crippen molar-refractivity contribution in [2.24, 2.45) is 0 Å². The SMILES string of the molecule is CN(CC(=O)Nc1ccc(F)c(Cl)c1)C1CC2CCC(C1)N2. The highest BCUT2D eigenvalue weighted by molar-refractivity contribution is 6.31. The van der Waals surface area contributed by atoms with E-state index in [0.29, 0.717) is 30.4 Å². The zero-order valence-electron chi connectivity index (χ0n) is 12.6. The van der Waals surface area contributed by atoms with Crippen LogP contribution in [0.2, 0.25) is 5.02 Å². The van der Waals surface area contributed by atoms with Gasteiger partial charge in [-0.25, -0.2) is 4.39 Å². The smallest absolute Gasteiger partial charge is 0.238 e. The van der Waals surface area contributed by atoms with Crippen molar-refractivity contribution >= 4 is 23.2 Å². The standard InChI is InChI=1S/C16H21ClFN3O/c1-21(13-6-10-2-3-11(7-13)19-10)9-16(22)20-12-4-5-15(18)14(17)8-12/h4-5,8,10-11,13,19H,2-3,6-7,9H2,1H3,(H,20,22). The number of piperidine rings is 1. The highest BCUT2D eigenvalue weighted by Gasteiger charge is 2.35. The molecular formula is C16H21ClFN3O. The van der Waals surface area contributed by atoms with Crippen LogP contribution in [0.4, 0.5) is 10.1 Å². The van der Waals surface area contributed by atoms with Crippen molar-refractivity contribution in [3.8, 4) is 0 Å². The van der Waals surface area contributed by atoms with Gasteiger partial charge in [-0.2, -0.15) is 0 Å². The van der Waals surface area contributed by atoms with E-state index in [1.54, 1.807) is 0 Å². The van der Waals surface area contributed by atoms with Gasteiger partial charge in [-0.05, 0) is 50.9 Å². The predicted molar refractivity (Wildman–Crippen MR) is 85.6 cm³/mol. The Kier molecular flexibility index (Phi) is 4.66. The van der Waals surface area contributed by atoms with Crippen molar-refractivity contribution in [1.82, 2.24) is 10.2 Å². The van der Waals surface area contributed by atoms with Crippen LogP contribution in [0.5, 0.6) is 0 Å². The Morgan fingerprint density at radius 2 is 2.09 bits per heavy atom. The molecule has 1 aromatic carbocycles. The molecule has 2 aliphatic heterocycles. The van der Waals surface area contributed by atoms with Gasteiger partial charge in [-0.15, -0.1) is 0 Å². The van der Waals surface area contributed by atoms with Crippen LogP contribution in [0, 0.1) is 5.82 Å². The molecule has 4 nitrogen and oxygen atoms in total. The molecule has 2 heterocycles. The summed E-state index contributed by atoms with van der Waals surface area (Å²) in [5.74, 6) is -0.585. The Labute approximate surface area is 135 Å². The van der Waals surface area contributed by atoms with Crippen LogP contribution in [-0.4, -0.2) is 42.5 Å². The number of hydrogen-bond acceptors (Lipinski definition) is 3. The quantitative estimate of drug-likeness (QED) is 0.894. The first-order valence-electron chi connectivity index (χ1n) is 7.72. The molecule has 0 saturated carbocycles. The third-order valence-corrected chi connectivity index (χ3v) is 4.96. The van der Waals surface area contributed by atoms with Gasteiger partial charge < -0.3 is 10.6 Å². The summed E-state index contributed by atoms with van der Waals surface area (Å²) in [6.07, 6.45) is 4.69. The van der Waals surface area contributed by atoms with Crippen LogP contribution in [0.15, 0.2) is 18.2 Å². The molecule has 2 unspecified atom stereocenters. The largest absolute Gasteiger partial charge is 0.325 e. The lowest BCUT2D eigenvalue weighted by Crippen LogP contribution is -2.48. The molecule has 22 heavy (non-hydrogen) atoms. The first-order chi connectivity index (χ1) is 10.5. The second kappa shape index (κ2) is 6.52. The number of anilines is 1. The summed E-state index contributed by atoms with van der Waals surface area (Å²) in [5.41, 5.74) is 0.523. The maximum Gasteiger partial charge on any atom is 0.238 e. The fourth-order valence-corrected chi connectivity index (χ4v) is 3.70. The van der Waals surface area contributed by atoms with Gasteiger partial charge in [0, 0.05) is 23.8 Å². The van der Waals surface area contributed by atoms with E-state index < -0.39 is 5.82 Å². The van der Waals surface area contributed by atoms with Crippen LogP contribution in [-0.2, 0) is 4.79 Å². The number of carbonyl (C=O) groups is 1. The van der Waals surface area contributed by atoms with Crippen LogP contribution >= 0.6 is 11.6 Å². The molecule has 2 saturated heterocycles. The fourth-order valence-electron chi connectivity index (χ4n) is 3.52. The number of carbonyl (C=O) groups excluding carboxylic acids is 1. The van der Waals surface area contributed by atoms with Gasteiger partial charge >= 0.3 is 0 Å². The van der Waals surface area contributed by atoms with E-state index in [1.807, 2.05) is 7.05 Å². The summed E-state index contributed by atoms with van der Waals surface area (Å²) in [5, 5.41) is 6.39. The van der Waals surface area contributed by atoms with Crippen LogP contribution in [0.3, 0.4) is 0 Å². The lowest BCUT2D eigenvalue weighted by molar-refractivity contribution is -0.117. The van der Waals surface area contributed by atoms with Crippen molar-refractivity contribution in [3.05, 3.63) is 29.0 Å². The maximum absolute atomic E-state index is 13.1. The predicted octanol–water partition coefficient (Wildman–Crippen LogP) is 2.63. The van der Waals surface area contributed by atoms with E-state index in [4.69, 9.17) is 11.6 Å². The number of fused-ring (bicyclic) bond motifs is 2. The molecule has 1 amide bonds. The normalized spacial score (nSPS) is 27.2. The Morgan fingerprint density at radius 3 is 2.73 bits per heavy atom. The Balaban J connectivity index is 1.53. The van der Waals surface area contributed by atoms with Crippen LogP contribution < -0.4 is 10.6 Å². The molecule has 0 aromatic heterocycles. The van der Waals surface area contributed by atoms with Gasteiger partial charge in [0.25, 0.3) is 0 Å². The molecular weight excluding hydrogens is 305 g/mol. The second-order valence-corrected chi connectivity index (χ2v) is 6.76. The molecule has 2 N–H and O–H groups in total. The summed E-state index contributed by atoms with van der Waals surface area (Å²) < 4.78 is 13.1. The Morgan fingerprint density at radius 1 is 1.41 bits per heavy atom. The summed E-state index contributed by atoms with van der Waals surface area (Å²) in [7, 11) is 1.99. The fraction of sp³-hybridized carbons (Fsp3) is 0.562. The van der Waals surface area contributed by atoms with E-state index in [-0.39, 0.29) is 10.9 Å². The van der Waals surface area contributed by atoms with Crippen molar-refractivity contribution in [3.63, 3.8) is 0 Å². The van der Waals surface area contributed by atoms with Crippen molar-refractivity contribution < 1.29 is 9.18 Å². The van der Waals surface area contributed by atoms with E-state index in [2.05, 4.69) is 15.5 Å². The molecule has 2 fully saturated rings. The molecule has 3 rings (SSSR count). The monoisotopic (exact) mass is 325 g/mol. The highest BCUT2D eigenvalue weighted by Crippen LogP contribution is 2.29. The Bertz CT molecular complexity index is 556. The van der Waals surface area contributed by atoms with E-state index in [0.717, 1.165) is 12.8 Å². The van der Waals surface area contributed by atoms with Gasteiger partial charge in [-0.1, -0.05) is 11.6 Å². The third-order valence-electron chi connectivity index (χ3n) is 4.67. The molecule has 2 bridgehead atoms. The maximum atomic E-state index is 13.1. The summed E-state index contributed by atoms with van der Waals surface area (Å²) in [4.78, 5) is 14.3. The van der Waals surface area contributed by atoms with Crippen molar-refractivity contribution in [2.75, 3.05) is 18.9 Å². The second-order valence-electron chi connectivity index (χ2n) is 6.36. The zero-order valence-corrected chi connectivity index (χ0v) is 13.4. The highest BCUT2D eigenvalue weighted by atomic mass is 35.5. The topological polar surface area (TPSA) is 44.4 Å². The minimum atomic E-state index is -0.484. The molecule has 6 heteroatoms. The van der Waals surface area contributed by atoms with Crippen LogP contribution in [0.1, 0.15) is 25.7 Å².